The summed E-state index contributed by atoms with van der Waals surface area (Å²) in [6.07, 6.45) is 5.88. The second kappa shape index (κ2) is 9.99. The zero-order chi connectivity index (χ0) is 24.4. The highest BCUT2D eigenvalue weighted by molar-refractivity contribution is 7.90. The van der Waals surface area contributed by atoms with Gasteiger partial charge in [-0.05, 0) is 63.0 Å². The highest BCUT2D eigenvalue weighted by Gasteiger charge is 2.32. The van der Waals surface area contributed by atoms with Gasteiger partial charge in [0.25, 0.3) is 15.9 Å². The van der Waals surface area contributed by atoms with E-state index >= 15 is 0 Å². The van der Waals surface area contributed by atoms with Crippen LogP contribution in [-0.4, -0.2) is 58.3 Å². The van der Waals surface area contributed by atoms with Crippen LogP contribution in [0.25, 0.3) is 0 Å². The van der Waals surface area contributed by atoms with Crippen molar-refractivity contribution in [3.05, 3.63) is 53.6 Å². The summed E-state index contributed by atoms with van der Waals surface area (Å²) in [6.45, 7) is 3.07. The SMILES string of the molecule is COc1ccccc1[C@H](CNC(=O)c1ccc2c(c1)S(=O)(=O)N=C1CCCCCN12)N1CCCC1. The molecule has 0 aliphatic carbocycles. The lowest BCUT2D eigenvalue weighted by Gasteiger charge is -2.30. The summed E-state index contributed by atoms with van der Waals surface area (Å²) >= 11 is 0. The average Bonchev–Trinajstić information content (AvgIpc) is 3.30. The molecule has 3 aliphatic heterocycles. The maximum absolute atomic E-state index is 13.2. The molecular weight excluding hydrogens is 464 g/mol. The summed E-state index contributed by atoms with van der Waals surface area (Å²) in [5, 5.41) is 3.05. The molecule has 1 N–H and O–H groups in total. The van der Waals surface area contributed by atoms with E-state index in [1.807, 2.05) is 29.2 Å². The number of amidine groups is 1. The van der Waals surface area contributed by atoms with Crippen molar-refractivity contribution in [1.82, 2.24) is 10.2 Å². The van der Waals surface area contributed by atoms with Gasteiger partial charge in [-0.15, -0.1) is 4.40 Å². The Kier molecular flexibility index (Phi) is 6.80. The van der Waals surface area contributed by atoms with E-state index in [2.05, 4.69) is 14.6 Å². The van der Waals surface area contributed by atoms with Crippen LogP contribution in [0.2, 0.25) is 0 Å². The smallest absolute Gasteiger partial charge is 0.286 e. The zero-order valence-electron chi connectivity index (χ0n) is 20.1. The minimum absolute atomic E-state index is 0.0248. The molecule has 0 saturated carbocycles. The second-order valence-corrected chi connectivity index (χ2v) is 10.9. The number of amides is 1. The molecule has 0 aromatic heterocycles. The summed E-state index contributed by atoms with van der Waals surface area (Å²) in [4.78, 5) is 17.6. The van der Waals surface area contributed by atoms with Crippen LogP contribution < -0.4 is 15.0 Å². The number of anilines is 1. The summed E-state index contributed by atoms with van der Waals surface area (Å²) in [5.74, 6) is 1.11. The monoisotopic (exact) mass is 496 g/mol. The van der Waals surface area contributed by atoms with Gasteiger partial charge in [0, 0.05) is 30.6 Å². The molecule has 0 unspecified atom stereocenters. The molecule has 2 fully saturated rings. The van der Waals surface area contributed by atoms with Crippen molar-refractivity contribution in [1.29, 1.82) is 0 Å². The van der Waals surface area contributed by atoms with Crippen LogP contribution in [0, 0.1) is 0 Å². The van der Waals surface area contributed by atoms with Gasteiger partial charge in [-0.1, -0.05) is 24.6 Å². The predicted octanol–water partition coefficient (Wildman–Crippen LogP) is 3.74. The lowest BCUT2D eigenvalue weighted by molar-refractivity contribution is 0.0937. The molecule has 186 valence electrons. The summed E-state index contributed by atoms with van der Waals surface area (Å²) in [7, 11) is -2.18. The van der Waals surface area contributed by atoms with Gasteiger partial charge >= 0.3 is 0 Å². The van der Waals surface area contributed by atoms with Crippen molar-refractivity contribution < 1.29 is 17.9 Å². The fourth-order valence-electron chi connectivity index (χ4n) is 5.34. The van der Waals surface area contributed by atoms with Crippen LogP contribution in [0.1, 0.15) is 60.5 Å². The quantitative estimate of drug-likeness (QED) is 0.655. The maximum atomic E-state index is 13.2. The Morgan fingerprint density at radius 3 is 2.63 bits per heavy atom. The van der Waals surface area contributed by atoms with Crippen molar-refractivity contribution >= 4 is 27.5 Å². The molecule has 0 spiro atoms. The summed E-state index contributed by atoms with van der Waals surface area (Å²) in [5.41, 5.74) is 1.98. The van der Waals surface area contributed by atoms with Gasteiger partial charge in [0.05, 0.1) is 18.8 Å². The molecule has 0 radical (unpaired) electrons. The van der Waals surface area contributed by atoms with E-state index in [9.17, 15) is 13.2 Å². The van der Waals surface area contributed by atoms with Crippen molar-refractivity contribution in [3.8, 4) is 5.75 Å². The molecule has 2 saturated heterocycles. The van der Waals surface area contributed by atoms with Crippen LogP contribution in [0.15, 0.2) is 51.8 Å². The minimum atomic E-state index is -3.84. The van der Waals surface area contributed by atoms with Crippen LogP contribution in [0.5, 0.6) is 5.75 Å². The number of hydrogen-bond acceptors (Lipinski definition) is 6. The minimum Gasteiger partial charge on any atom is -0.496 e. The number of rotatable bonds is 6. The van der Waals surface area contributed by atoms with Crippen LogP contribution >= 0.6 is 0 Å². The molecule has 2 aromatic carbocycles. The Labute approximate surface area is 207 Å². The molecule has 3 aliphatic rings. The van der Waals surface area contributed by atoms with E-state index in [1.165, 1.54) is 6.07 Å². The van der Waals surface area contributed by atoms with Gasteiger partial charge in [-0.2, -0.15) is 8.42 Å². The molecule has 9 heteroatoms. The molecule has 35 heavy (non-hydrogen) atoms. The Balaban J connectivity index is 1.38. The van der Waals surface area contributed by atoms with Gasteiger partial charge < -0.3 is 15.0 Å². The Hall–Kier alpha value is -2.91. The number of likely N-dealkylation sites (tertiary alicyclic amines) is 1. The normalized spacial score (nSPS) is 20.3. The summed E-state index contributed by atoms with van der Waals surface area (Å²) in [6, 6.07) is 12.8. The molecule has 5 rings (SSSR count). The van der Waals surface area contributed by atoms with Crippen LogP contribution in [-0.2, 0) is 10.0 Å². The van der Waals surface area contributed by atoms with Crippen molar-refractivity contribution in [3.63, 3.8) is 0 Å². The van der Waals surface area contributed by atoms with Gasteiger partial charge in [0.2, 0.25) is 0 Å². The predicted molar refractivity (Wildman–Crippen MR) is 136 cm³/mol. The Bertz CT molecular complexity index is 1240. The fraction of sp³-hybridized carbons (Fsp3) is 0.462. The third-order valence-corrected chi connectivity index (χ3v) is 8.48. The van der Waals surface area contributed by atoms with E-state index in [1.54, 1.807) is 19.2 Å². The maximum Gasteiger partial charge on any atom is 0.286 e. The second-order valence-electron chi connectivity index (χ2n) is 9.34. The molecule has 2 aromatic rings. The van der Waals surface area contributed by atoms with Crippen LogP contribution in [0.4, 0.5) is 5.69 Å². The van der Waals surface area contributed by atoms with E-state index in [4.69, 9.17) is 4.74 Å². The molecule has 3 heterocycles. The number of carbonyl (C=O) groups is 1. The van der Waals surface area contributed by atoms with Gasteiger partial charge in [-0.3, -0.25) is 9.69 Å². The third kappa shape index (κ3) is 4.79. The molecule has 0 bridgehead atoms. The van der Waals surface area contributed by atoms with Gasteiger partial charge in [-0.25, -0.2) is 0 Å². The number of fused-ring (bicyclic) bond motifs is 3. The largest absolute Gasteiger partial charge is 0.496 e. The third-order valence-electron chi connectivity index (χ3n) is 7.15. The van der Waals surface area contributed by atoms with Crippen LogP contribution in [0.3, 0.4) is 0 Å². The average molecular weight is 497 g/mol. The lowest BCUT2D eigenvalue weighted by atomic mass is 10.0. The lowest BCUT2D eigenvalue weighted by Crippen LogP contribution is -2.37. The molecular formula is C26H32N4O4S. The van der Waals surface area contributed by atoms with Crippen molar-refractivity contribution in [2.75, 3.05) is 38.2 Å². The number of ether oxygens (including phenoxy) is 1. The first kappa shape index (κ1) is 23.8. The fourth-order valence-corrected chi connectivity index (χ4v) is 6.63. The number of hydrogen-bond donors (Lipinski definition) is 1. The number of carbonyl (C=O) groups excluding carboxylic acids is 1. The number of nitrogens with one attached hydrogen (secondary N) is 1. The molecule has 1 amide bonds. The van der Waals surface area contributed by atoms with Crippen molar-refractivity contribution in [2.24, 2.45) is 4.40 Å². The molecule has 1 atom stereocenters. The first-order valence-electron chi connectivity index (χ1n) is 12.4. The standard InChI is InChI=1S/C26H32N4O4S/c1-34-23-10-5-4-9-20(23)22(29-14-7-8-15-29)18-27-26(31)19-12-13-21-24(17-19)35(32,33)28-25-11-3-2-6-16-30(21)25/h4-5,9-10,12-13,17,22H,2-3,6-8,11,14-16,18H2,1H3,(H,27,31)/t22-/m0/s1. The van der Waals surface area contributed by atoms with Gasteiger partial charge in [0.15, 0.2) is 0 Å². The summed E-state index contributed by atoms with van der Waals surface area (Å²) < 4.78 is 35.6. The van der Waals surface area contributed by atoms with Crippen molar-refractivity contribution in [2.45, 2.75) is 49.5 Å². The van der Waals surface area contributed by atoms with E-state index < -0.39 is 10.0 Å². The Morgan fingerprint density at radius 2 is 1.83 bits per heavy atom. The molecule has 8 nitrogen and oxygen atoms in total. The van der Waals surface area contributed by atoms with Gasteiger partial charge in [0.1, 0.15) is 16.5 Å². The number of sulfonamides is 1. The number of nitrogens with zero attached hydrogens (tertiary/aromatic N) is 3. The van der Waals surface area contributed by atoms with E-state index in [-0.39, 0.29) is 16.8 Å². The highest BCUT2D eigenvalue weighted by atomic mass is 32.2. The highest BCUT2D eigenvalue weighted by Crippen LogP contribution is 2.35. The number of methoxy groups -OCH3 is 1. The van der Waals surface area contributed by atoms with E-state index in [0.29, 0.717) is 30.1 Å². The topological polar surface area (TPSA) is 91.3 Å². The zero-order valence-corrected chi connectivity index (χ0v) is 20.9. The van der Waals surface area contributed by atoms with E-state index in [0.717, 1.165) is 63.1 Å². The number of para-hydroxylation sites is 1. The first-order chi connectivity index (χ1) is 17.0. The first-order valence-corrected chi connectivity index (χ1v) is 13.8. The Morgan fingerprint density at radius 1 is 1.06 bits per heavy atom. The number of benzene rings is 2.